The van der Waals surface area contributed by atoms with E-state index in [-0.39, 0.29) is 0 Å². The summed E-state index contributed by atoms with van der Waals surface area (Å²) in [5, 5.41) is 2.62. The standard InChI is InChI=1S/C13H12.C10H8.C8H10.6C3H8.3C2H6/c1-3-7-12(8-4-1)11-13-9-5-2-6-10-13;1-2-6-10-8-4-3-7-9(10)5-1;1-2-8-6-4-3-5-7-8;6*1-3-2;3*1-2/h1-10H,11H2;1-8H;3-7H,2H2,1H3;6*3H2,1-2H3;3*1-2H3. The average Bonchev–Trinajstić information content (AvgIpc) is 3.24. The maximum absolute atomic E-state index is 2.16. The van der Waals surface area contributed by atoms with Crippen LogP contribution in [0.2, 0.25) is 0 Å². The second kappa shape index (κ2) is 68.4. The fourth-order valence-electron chi connectivity index (χ4n) is 3.27. The largest absolute Gasteiger partial charge is 0.0683 e. The van der Waals surface area contributed by atoms with Crippen LogP contribution < -0.4 is 0 Å². The minimum Gasteiger partial charge on any atom is -0.0683 e. The van der Waals surface area contributed by atoms with Gasteiger partial charge in [-0.1, -0.05) is 310 Å². The van der Waals surface area contributed by atoms with Crippen molar-refractivity contribution in [3.8, 4) is 0 Å². The first-order valence-electron chi connectivity index (χ1n) is 22.4. The Morgan fingerprint density at radius 2 is 0.400 bits per heavy atom. The van der Waals surface area contributed by atoms with E-state index >= 15 is 0 Å². The van der Waals surface area contributed by atoms with E-state index in [1.54, 1.807) is 0 Å². The number of hydrogen-bond donors (Lipinski definition) is 0. The molecule has 0 aliphatic heterocycles. The Labute approximate surface area is 348 Å². The van der Waals surface area contributed by atoms with Crippen LogP contribution >= 0.6 is 0 Å². The van der Waals surface area contributed by atoms with Gasteiger partial charge in [0.15, 0.2) is 0 Å². The van der Waals surface area contributed by atoms with Crippen molar-refractivity contribution in [2.75, 3.05) is 0 Å². The van der Waals surface area contributed by atoms with Gasteiger partial charge in [0.25, 0.3) is 0 Å². The van der Waals surface area contributed by atoms with Crippen LogP contribution in [0.15, 0.2) is 140 Å². The highest BCUT2D eigenvalue weighted by Crippen LogP contribution is 2.11. The Kier molecular flexibility index (Phi) is 82.3. The molecule has 0 unspecified atom stereocenters. The van der Waals surface area contributed by atoms with Gasteiger partial charge in [-0.2, -0.15) is 0 Å². The Morgan fingerprint density at radius 1 is 0.236 bits per heavy atom. The van der Waals surface area contributed by atoms with Gasteiger partial charge in [-0.05, 0) is 40.3 Å². The van der Waals surface area contributed by atoms with Crippen molar-refractivity contribution in [2.45, 2.75) is 183 Å². The molecule has 0 saturated heterocycles. The maximum atomic E-state index is 2.16. The minimum absolute atomic E-state index is 1.03. The predicted molar refractivity (Wildman–Crippen MR) is 265 cm³/mol. The first-order valence-corrected chi connectivity index (χ1v) is 22.4. The summed E-state index contributed by atoms with van der Waals surface area (Å²) in [5.74, 6) is 0. The molecule has 0 N–H and O–H groups in total. The van der Waals surface area contributed by atoms with E-state index in [1.165, 1.54) is 66.0 Å². The van der Waals surface area contributed by atoms with Crippen molar-refractivity contribution >= 4 is 10.8 Å². The van der Waals surface area contributed by atoms with E-state index in [4.69, 9.17) is 0 Å². The predicted octanol–water partition coefficient (Wildman–Crippen LogP) is 19.9. The lowest BCUT2D eigenvalue weighted by molar-refractivity contribution is 1.09. The summed E-state index contributed by atoms with van der Waals surface area (Å²) < 4.78 is 0. The number of rotatable bonds is 3. The van der Waals surface area contributed by atoms with Crippen molar-refractivity contribution in [3.63, 3.8) is 0 Å². The molecule has 316 valence electrons. The molecule has 0 bridgehead atoms. The van der Waals surface area contributed by atoms with Crippen molar-refractivity contribution in [1.82, 2.24) is 0 Å². The highest BCUT2D eigenvalue weighted by molar-refractivity contribution is 5.82. The molecule has 0 heterocycles. The molecule has 0 fully saturated rings. The summed E-state index contributed by atoms with van der Waals surface area (Å²) in [5.41, 5.74) is 4.15. The molecule has 5 rings (SSSR count). The Bertz CT molecular complexity index is 1090. The molecule has 0 aliphatic rings. The van der Waals surface area contributed by atoms with Crippen molar-refractivity contribution in [2.24, 2.45) is 0 Å². The third-order valence-electron chi connectivity index (χ3n) is 5.00. The van der Waals surface area contributed by atoms with Crippen LogP contribution in [-0.4, -0.2) is 0 Å². The molecule has 55 heavy (non-hydrogen) atoms. The van der Waals surface area contributed by atoms with Crippen LogP contribution in [0.5, 0.6) is 0 Å². The lowest BCUT2D eigenvalue weighted by Gasteiger charge is -2.00. The Hall–Kier alpha value is -3.64. The van der Waals surface area contributed by atoms with E-state index in [1.807, 2.05) is 47.6 Å². The first-order chi connectivity index (χ1) is 26.8. The molecule has 0 atom stereocenters. The molecule has 0 nitrogen and oxygen atoms in total. The zero-order valence-electron chi connectivity index (χ0n) is 40.4. The van der Waals surface area contributed by atoms with Crippen LogP contribution in [0.3, 0.4) is 0 Å². The van der Waals surface area contributed by atoms with E-state index in [0.29, 0.717) is 0 Å². The fraction of sp³-hybridized carbons (Fsp3) is 0.491. The molecule has 0 amide bonds. The normalized spacial score (nSPS) is 7.76. The van der Waals surface area contributed by atoms with Crippen molar-refractivity contribution in [1.29, 1.82) is 0 Å². The topological polar surface area (TPSA) is 0 Å². The van der Waals surface area contributed by atoms with Gasteiger partial charge in [0, 0.05) is 0 Å². The van der Waals surface area contributed by atoms with E-state index < -0.39 is 0 Å². The molecule has 0 aromatic heterocycles. The molecule has 0 saturated carbocycles. The molecule has 0 spiro atoms. The van der Waals surface area contributed by atoms with Gasteiger partial charge in [0.1, 0.15) is 0 Å². The van der Waals surface area contributed by atoms with Gasteiger partial charge in [0.05, 0.1) is 0 Å². The monoisotopic (exact) mass is 757 g/mol. The van der Waals surface area contributed by atoms with E-state index in [2.05, 4.69) is 223 Å². The lowest BCUT2D eigenvalue weighted by Crippen LogP contribution is -1.85. The summed E-state index contributed by atoms with van der Waals surface area (Å²) >= 11 is 0. The minimum atomic E-state index is 1.03. The molecule has 5 aromatic carbocycles. The zero-order chi connectivity index (χ0) is 43.8. The smallest absolute Gasteiger partial charge is 0.00258 e. The summed E-state index contributed by atoms with van der Waals surface area (Å²) in [7, 11) is 0. The SMILES string of the molecule is CC.CC.CC.CCC.CCC.CCC.CCC.CCC.CCC.CCc1ccccc1.c1ccc(Cc2ccccc2)cc1.c1ccc2ccccc2c1. The fourth-order valence-corrected chi connectivity index (χ4v) is 3.27. The first kappa shape index (κ1) is 66.2. The van der Waals surface area contributed by atoms with Crippen molar-refractivity contribution in [3.05, 3.63) is 156 Å². The Balaban J connectivity index is -0.0000000994. The third kappa shape index (κ3) is 59.9. The highest BCUT2D eigenvalue weighted by atomic mass is 14.0. The highest BCUT2D eigenvalue weighted by Gasteiger charge is 1.92. The molecule has 0 aliphatic carbocycles. The number of benzene rings is 5. The van der Waals surface area contributed by atoms with Crippen LogP contribution in [0, 0.1) is 0 Å². The van der Waals surface area contributed by atoms with Crippen LogP contribution in [0.4, 0.5) is 0 Å². The summed E-state index contributed by atoms with van der Waals surface area (Å²) in [4.78, 5) is 0. The number of hydrogen-bond acceptors (Lipinski definition) is 0. The lowest BCUT2D eigenvalue weighted by atomic mass is 10.1. The number of aryl methyl sites for hydroxylation is 1. The molecule has 5 aromatic rings. The van der Waals surface area contributed by atoms with Crippen LogP contribution in [0.1, 0.15) is 187 Å². The van der Waals surface area contributed by atoms with E-state index in [0.717, 1.165) is 12.8 Å². The number of fused-ring (bicyclic) bond motifs is 1. The third-order valence-corrected chi connectivity index (χ3v) is 5.00. The van der Waals surface area contributed by atoms with Gasteiger partial charge in [-0.25, -0.2) is 0 Å². The molecule has 0 heteroatoms. The molecule has 0 radical (unpaired) electrons. The summed E-state index contributed by atoms with van der Waals surface area (Å²) in [6.07, 6.45) is 9.67. The summed E-state index contributed by atoms with van der Waals surface area (Å²) in [6, 6.07) is 48.2. The van der Waals surface area contributed by atoms with Crippen molar-refractivity contribution < 1.29 is 0 Å². The zero-order valence-corrected chi connectivity index (χ0v) is 40.4. The quantitative estimate of drug-likeness (QED) is 0.172. The second-order valence-corrected chi connectivity index (χ2v) is 11.6. The van der Waals surface area contributed by atoms with Crippen LogP contribution in [0.25, 0.3) is 10.8 Å². The van der Waals surface area contributed by atoms with Gasteiger partial charge in [0.2, 0.25) is 0 Å². The Morgan fingerprint density at radius 3 is 0.564 bits per heavy atom. The summed E-state index contributed by atoms with van der Waals surface area (Å²) in [6.45, 7) is 39.7. The van der Waals surface area contributed by atoms with Crippen LogP contribution in [-0.2, 0) is 12.8 Å². The van der Waals surface area contributed by atoms with Gasteiger partial charge >= 0.3 is 0 Å². The van der Waals surface area contributed by atoms with Gasteiger partial charge in [-0.15, -0.1) is 0 Å². The van der Waals surface area contributed by atoms with Gasteiger partial charge in [-0.3, -0.25) is 0 Å². The maximum Gasteiger partial charge on any atom is -0.00258 e. The van der Waals surface area contributed by atoms with E-state index in [9.17, 15) is 0 Å². The van der Waals surface area contributed by atoms with Gasteiger partial charge < -0.3 is 0 Å². The second-order valence-electron chi connectivity index (χ2n) is 11.6. The molecular formula is C55H96. The molecular weight excluding hydrogens is 661 g/mol. The average molecular weight is 757 g/mol.